The van der Waals surface area contributed by atoms with E-state index >= 15 is 0 Å². The predicted molar refractivity (Wildman–Crippen MR) is 82.4 cm³/mol. The van der Waals surface area contributed by atoms with E-state index in [4.69, 9.17) is 4.74 Å². The summed E-state index contributed by atoms with van der Waals surface area (Å²) >= 11 is 3.33. The van der Waals surface area contributed by atoms with Gasteiger partial charge in [0.1, 0.15) is 5.75 Å². The molecule has 0 aliphatic rings. The van der Waals surface area contributed by atoms with Gasteiger partial charge in [0.25, 0.3) is 5.69 Å². The van der Waals surface area contributed by atoms with Crippen LogP contribution in [0.25, 0.3) is 0 Å². The van der Waals surface area contributed by atoms with Gasteiger partial charge in [-0.2, -0.15) is 0 Å². The number of halogens is 1. The first-order chi connectivity index (χ1) is 10.1. The van der Waals surface area contributed by atoms with Gasteiger partial charge in [0.15, 0.2) is 0 Å². The van der Waals surface area contributed by atoms with Crippen molar-refractivity contribution in [1.29, 1.82) is 0 Å². The molecular formula is C15H14BrNO4. The van der Waals surface area contributed by atoms with Crippen LogP contribution in [0.5, 0.6) is 5.75 Å². The molecule has 2 rings (SSSR count). The Labute approximate surface area is 130 Å². The van der Waals surface area contributed by atoms with E-state index in [0.717, 1.165) is 10.0 Å². The number of benzene rings is 2. The molecule has 0 radical (unpaired) electrons. The number of nitro benzene ring substituents is 1. The van der Waals surface area contributed by atoms with E-state index in [-0.39, 0.29) is 12.3 Å². The molecule has 0 bridgehead atoms. The summed E-state index contributed by atoms with van der Waals surface area (Å²) in [6, 6.07) is 11.9. The van der Waals surface area contributed by atoms with Gasteiger partial charge in [0.2, 0.25) is 0 Å². The maximum atomic E-state index is 10.9. The second kappa shape index (κ2) is 7.19. The molecule has 0 aliphatic carbocycles. The first-order valence-electron chi connectivity index (χ1n) is 6.36. The standard InChI is InChI=1S/C15H14BrNO4/c16-14-6-5-13(9-12(14)10-18)21-8-7-11-3-1-2-4-15(11)17(19)20/h1-6,9,18H,7-8,10H2. The quantitative estimate of drug-likeness (QED) is 0.638. The molecule has 0 heterocycles. The Morgan fingerprint density at radius 3 is 2.67 bits per heavy atom. The Morgan fingerprint density at radius 1 is 1.19 bits per heavy atom. The lowest BCUT2D eigenvalue weighted by atomic mass is 10.1. The summed E-state index contributed by atoms with van der Waals surface area (Å²) in [6.07, 6.45) is 0.446. The van der Waals surface area contributed by atoms with Crippen molar-refractivity contribution in [3.8, 4) is 5.75 Å². The van der Waals surface area contributed by atoms with E-state index in [1.54, 1.807) is 36.4 Å². The lowest BCUT2D eigenvalue weighted by Crippen LogP contribution is -2.04. The SMILES string of the molecule is O=[N+]([O-])c1ccccc1CCOc1ccc(Br)c(CO)c1. The molecule has 1 N–H and O–H groups in total. The normalized spacial score (nSPS) is 10.4. The summed E-state index contributed by atoms with van der Waals surface area (Å²) < 4.78 is 6.40. The highest BCUT2D eigenvalue weighted by Gasteiger charge is 2.12. The molecule has 0 amide bonds. The van der Waals surface area contributed by atoms with E-state index in [2.05, 4.69) is 15.9 Å². The van der Waals surface area contributed by atoms with Crippen molar-refractivity contribution in [1.82, 2.24) is 0 Å². The number of aliphatic hydroxyl groups excluding tert-OH is 1. The lowest BCUT2D eigenvalue weighted by Gasteiger charge is -2.09. The van der Waals surface area contributed by atoms with Gasteiger partial charge >= 0.3 is 0 Å². The Morgan fingerprint density at radius 2 is 1.95 bits per heavy atom. The van der Waals surface area contributed by atoms with Crippen molar-refractivity contribution in [3.63, 3.8) is 0 Å². The van der Waals surface area contributed by atoms with Crippen LogP contribution in [0, 0.1) is 10.1 Å². The van der Waals surface area contributed by atoms with Crippen LogP contribution < -0.4 is 4.74 Å². The number of nitro groups is 1. The van der Waals surface area contributed by atoms with Crippen LogP contribution in [0.15, 0.2) is 46.9 Å². The van der Waals surface area contributed by atoms with Gasteiger partial charge in [-0.1, -0.05) is 34.1 Å². The van der Waals surface area contributed by atoms with Crippen LogP contribution in [-0.4, -0.2) is 16.6 Å². The van der Waals surface area contributed by atoms with E-state index in [1.807, 2.05) is 0 Å². The van der Waals surface area contributed by atoms with Crippen LogP contribution in [-0.2, 0) is 13.0 Å². The van der Waals surface area contributed by atoms with Crippen molar-refractivity contribution in [3.05, 3.63) is 68.2 Å². The highest BCUT2D eigenvalue weighted by molar-refractivity contribution is 9.10. The van der Waals surface area contributed by atoms with Gasteiger partial charge < -0.3 is 9.84 Å². The Hall–Kier alpha value is -1.92. The minimum atomic E-state index is -0.390. The summed E-state index contributed by atoms with van der Waals surface area (Å²) in [5.41, 5.74) is 1.48. The second-order valence-electron chi connectivity index (χ2n) is 4.40. The zero-order valence-electron chi connectivity index (χ0n) is 11.2. The molecule has 0 aromatic heterocycles. The maximum absolute atomic E-state index is 10.9. The zero-order chi connectivity index (χ0) is 15.2. The van der Waals surface area contributed by atoms with Gasteiger partial charge in [-0.3, -0.25) is 10.1 Å². The summed E-state index contributed by atoms with van der Waals surface area (Å²) in [5.74, 6) is 0.626. The Balaban J connectivity index is 2.00. The second-order valence-corrected chi connectivity index (χ2v) is 5.25. The van der Waals surface area contributed by atoms with E-state index in [0.29, 0.717) is 24.3 Å². The molecule has 5 nitrogen and oxygen atoms in total. The van der Waals surface area contributed by atoms with Crippen LogP contribution in [0.4, 0.5) is 5.69 Å². The van der Waals surface area contributed by atoms with Crippen molar-refractivity contribution in [2.75, 3.05) is 6.61 Å². The van der Waals surface area contributed by atoms with Crippen molar-refractivity contribution >= 4 is 21.6 Å². The molecule has 21 heavy (non-hydrogen) atoms. The molecule has 0 saturated heterocycles. The topological polar surface area (TPSA) is 72.6 Å². The van der Waals surface area contributed by atoms with Gasteiger partial charge in [-0.05, 0) is 23.8 Å². The predicted octanol–water partition coefficient (Wildman–Crippen LogP) is 3.47. The largest absolute Gasteiger partial charge is 0.493 e. The number of nitrogens with zero attached hydrogens (tertiary/aromatic N) is 1. The van der Waals surface area contributed by atoms with Crippen LogP contribution in [0.2, 0.25) is 0 Å². The third-order valence-corrected chi connectivity index (χ3v) is 3.79. The van der Waals surface area contributed by atoms with Gasteiger partial charge in [-0.15, -0.1) is 0 Å². The summed E-state index contributed by atoms with van der Waals surface area (Å²) in [4.78, 5) is 10.5. The Kier molecular flexibility index (Phi) is 5.30. The molecule has 0 fully saturated rings. The van der Waals surface area contributed by atoms with E-state index < -0.39 is 4.92 Å². The molecule has 0 aliphatic heterocycles. The number of para-hydroxylation sites is 1. The summed E-state index contributed by atoms with van der Waals surface area (Å²) in [7, 11) is 0. The average molecular weight is 352 g/mol. The van der Waals surface area contributed by atoms with Crippen LogP contribution >= 0.6 is 15.9 Å². The lowest BCUT2D eigenvalue weighted by molar-refractivity contribution is -0.385. The molecule has 2 aromatic rings. The molecule has 0 spiro atoms. The number of ether oxygens (including phenoxy) is 1. The summed E-state index contributed by atoms with van der Waals surface area (Å²) in [6.45, 7) is 0.249. The van der Waals surface area contributed by atoms with Gasteiger partial charge in [-0.25, -0.2) is 0 Å². The molecular weight excluding hydrogens is 338 g/mol. The first-order valence-corrected chi connectivity index (χ1v) is 7.15. The number of aliphatic hydroxyl groups is 1. The van der Waals surface area contributed by atoms with E-state index in [9.17, 15) is 15.2 Å². The molecule has 2 aromatic carbocycles. The zero-order valence-corrected chi connectivity index (χ0v) is 12.7. The fourth-order valence-electron chi connectivity index (χ4n) is 1.94. The molecule has 0 unspecified atom stereocenters. The summed E-state index contributed by atoms with van der Waals surface area (Å²) in [5, 5.41) is 20.1. The first kappa shape index (κ1) is 15.5. The monoisotopic (exact) mass is 351 g/mol. The Bertz CT molecular complexity index is 645. The van der Waals surface area contributed by atoms with Crippen LogP contribution in [0.1, 0.15) is 11.1 Å². The minimum Gasteiger partial charge on any atom is -0.493 e. The van der Waals surface area contributed by atoms with Gasteiger partial charge in [0.05, 0.1) is 18.1 Å². The minimum absolute atomic E-state index is 0.0814. The maximum Gasteiger partial charge on any atom is 0.272 e. The molecule has 110 valence electrons. The smallest absolute Gasteiger partial charge is 0.272 e. The number of rotatable bonds is 6. The number of hydrogen-bond acceptors (Lipinski definition) is 4. The molecule has 6 heteroatoms. The van der Waals surface area contributed by atoms with Gasteiger partial charge in [0, 0.05) is 22.5 Å². The highest BCUT2D eigenvalue weighted by Crippen LogP contribution is 2.23. The third kappa shape index (κ3) is 4.03. The fraction of sp³-hybridized carbons (Fsp3) is 0.200. The molecule has 0 saturated carbocycles. The fourth-order valence-corrected chi connectivity index (χ4v) is 2.31. The number of hydrogen-bond donors (Lipinski definition) is 1. The molecule has 0 atom stereocenters. The highest BCUT2D eigenvalue weighted by atomic mass is 79.9. The van der Waals surface area contributed by atoms with Crippen molar-refractivity contribution in [2.24, 2.45) is 0 Å². The average Bonchev–Trinajstić information content (AvgIpc) is 2.49. The van der Waals surface area contributed by atoms with Crippen LogP contribution in [0.3, 0.4) is 0 Å². The van der Waals surface area contributed by atoms with Crippen molar-refractivity contribution < 1.29 is 14.8 Å². The van der Waals surface area contributed by atoms with E-state index in [1.165, 1.54) is 6.07 Å². The van der Waals surface area contributed by atoms with Crippen molar-refractivity contribution in [2.45, 2.75) is 13.0 Å². The third-order valence-electron chi connectivity index (χ3n) is 3.02.